The van der Waals surface area contributed by atoms with Gasteiger partial charge in [-0.25, -0.2) is 9.97 Å². The minimum atomic E-state index is -0.310. The van der Waals surface area contributed by atoms with E-state index in [0.29, 0.717) is 12.5 Å². The average molecular weight is 327 g/mol. The van der Waals surface area contributed by atoms with Crippen molar-refractivity contribution in [2.24, 2.45) is 0 Å². The molecule has 1 atom stereocenters. The second-order valence-electron chi connectivity index (χ2n) is 6.13. The Balaban J connectivity index is 1.65. The molecule has 126 valence electrons. The van der Waals surface area contributed by atoms with Crippen molar-refractivity contribution in [3.8, 4) is 0 Å². The van der Waals surface area contributed by atoms with Crippen LogP contribution in [0.25, 0.3) is 0 Å². The molecule has 1 saturated heterocycles. The molecular formula is C17H21N5O2. The first kappa shape index (κ1) is 16.3. The monoisotopic (exact) mass is 327 g/mol. The number of hydrogen-bond donors (Lipinski definition) is 1. The van der Waals surface area contributed by atoms with Crippen LogP contribution in [0.2, 0.25) is 0 Å². The fourth-order valence-corrected chi connectivity index (χ4v) is 3.08. The molecule has 1 aliphatic rings. The van der Waals surface area contributed by atoms with Crippen LogP contribution in [0, 0.1) is 17.0 Å². The number of para-hydroxylation sites is 1. The van der Waals surface area contributed by atoms with E-state index >= 15 is 0 Å². The van der Waals surface area contributed by atoms with Crippen LogP contribution in [0.4, 0.5) is 11.6 Å². The van der Waals surface area contributed by atoms with E-state index in [-0.39, 0.29) is 16.7 Å². The Kier molecular flexibility index (Phi) is 5.00. The molecule has 0 bridgehead atoms. The number of piperidine rings is 1. The first-order valence-electron chi connectivity index (χ1n) is 8.12. The van der Waals surface area contributed by atoms with E-state index < -0.39 is 0 Å². The van der Waals surface area contributed by atoms with Gasteiger partial charge in [-0.05, 0) is 32.4 Å². The van der Waals surface area contributed by atoms with E-state index in [2.05, 4.69) is 20.2 Å². The number of nitrogens with zero attached hydrogens (tertiary/aromatic N) is 4. The molecule has 0 spiro atoms. The van der Waals surface area contributed by atoms with Gasteiger partial charge in [0, 0.05) is 42.7 Å². The molecule has 1 aromatic heterocycles. The Bertz CT molecular complexity index is 722. The molecule has 7 heteroatoms. The van der Waals surface area contributed by atoms with E-state index in [9.17, 15) is 10.1 Å². The summed E-state index contributed by atoms with van der Waals surface area (Å²) in [6.45, 7) is 4.29. The van der Waals surface area contributed by atoms with Gasteiger partial charge in [-0.15, -0.1) is 0 Å². The molecule has 1 aliphatic heterocycles. The topological polar surface area (TPSA) is 84.2 Å². The quantitative estimate of drug-likeness (QED) is 0.671. The molecule has 1 aromatic carbocycles. The van der Waals surface area contributed by atoms with Crippen LogP contribution >= 0.6 is 0 Å². The number of aromatic nitrogens is 2. The molecule has 1 fully saturated rings. The highest BCUT2D eigenvalue weighted by molar-refractivity contribution is 5.39. The number of nitro benzene ring substituents is 1. The third-order valence-electron chi connectivity index (χ3n) is 4.22. The Hall–Kier alpha value is -2.54. The number of nitro groups is 1. The number of nitrogens with one attached hydrogen (secondary N) is 1. The van der Waals surface area contributed by atoms with Crippen molar-refractivity contribution in [3.63, 3.8) is 0 Å². The number of aryl methyl sites for hydroxylation is 1. The molecule has 1 N–H and O–H groups in total. The SMILES string of the molecule is Cc1ccnc(NC2CCCN(Cc3ccccc3[N+](=O)[O-])C2)n1. The minimum absolute atomic E-state index is 0.189. The zero-order chi connectivity index (χ0) is 16.9. The van der Waals surface area contributed by atoms with Gasteiger partial charge in [-0.1, -0.05) is 18.2 Å². The summed E-state index contributed by atoms with van der Waals surface area (Å²) in [5, 5.41) is 14.5. The fraction of sp³-hybridized carbons (Fsp3) is 0.412. The van der Waals surface area contributed by atoms with Gasteiger partial charge in [0.1, 0.15) is 0 Å². The highest BCUT2D eigenvalue weighted by Gasteiger charge is 2.23. The number of benzene rings is 1. The molecule has 0 radical (unpaired) electrons. The van der Waals surface area contributed by atoms with Crippen molar-refractivity contribution in [1.82, 2.24) is 14.9 Å². The maximum absolute atomic E-state index is 11.2. The number of likely N-dealkylation sites (tertiary alicyclic amines) is 1. The van der Waals surface area contributed by atoms with Gasteiger partial charge >= 0.3 is 0 Å². The van der Waals surface area contributed by atoms with Gasteiger partial charge in [0.2, 0.25) is 5.95 Å². The van der Waals surface area contributed by atoms with Crippen molar-refractivity contribution < 1.29 is 4.92 Å². The summed E-state index contributed by atoms with van der Waals surface area (Å²) in [4.78, 5) is 21.7. The Morgan fingerprint density at radius 2 is 2.21 bits per heavy atom. The van der Waals surface area contributed by atoms with Crippen LogP contribution in [0.5, 0.6) is 0 Å². The maximum atomic E-state index is 11.2. The van der Waals surface area contributed by atoms with Gasteiger partial charge in [-0.3, -0.25) is 15.0 Å². The van der Waals surface area contributed by atoms with Gasteiger partial charge in [0.25, 0.3) is 5.69 Å². The lowest BCUT2D eigenvalue weighted by Crippen LogP contribution is -2.42. The maximum Gasteiger partial charge on any atom is 0.273 e. The highest BCUT2D eigenvalue weighted by atomic mass is 16.6. The third-order valence-corrected chi connectivity index (χ3v) is 4.22. The Morgan fingerprint density at radius 1 is 1.38 bits per heavy atom. The van der Waals surface area contributed by atoms with E-state index in [1.54, 1.807) is 18.3 Å². The Labute approximate surface area is 140 Å². The molecule has 7 nitrogen and oxygen atoms in total. The molecular weight excluding hydrogens is 306 g/mol. The summed E-state index contributed by atoms with van der Waals surface area (Å²) in [5.41, 5.74) is 1.88. The van der Waals surface area contributed by atoms with Gasteiger partial charge in [0.15, 0.2) is 0 Å². The molecule has 1 unspecified atom stereocenters. The van der Waals surface area contributed by atoms with Crippen molar-refractivity contribution in [2.45, 2.75) is 32.4 Å². The van der Waals surface area contributed by atoms with Gasteiger partial charge in [-0.2, -0.15) is 0 Å². The molecule has 0 saturated carbocycles. The first-order valence-corrected chi connectivity index (χ1v) is 8.12. The number of anilines is 1. The second-order valence-corrected chi connectivity index (χ2v) is 6.13. The summed E-state index contributed by atoms with van der Waals surface area (Å²) in [7, 11) is 0. The lowest BCUT2D eigenvalue weighted by molar-refractivity contribution is -0.385. The molecule has 24 heavy (non-hydrogen) atoms. The van der Waals surface area contributed by atoms with E-state index in [0.717, 1.165) is 37.2 Å². The smallest absolute Gasteiger partial charge is 0.273 e. The minimum Gasteiger partial charge on any atom is -0.350 e. The van der Waals surface area contributed by atoms with E-state index in [1.165, 1.54) is 0 Å². The predicted octanol–water partition coefficient (Wildman–Crippen LogP) is 2.77. The van der Waals surface area contributed by atoms with Crippen molar-refractivity contribution in [1.29, 1.82) is 0 Å². The summed E-state index contributed by atoms with van der Waals surface area (Å²) >= 11 is 0. The standard InChI is InChI=1S/C17H21N5O2/c1-13-8-9-18-17(19-13)20-15-6-4-10-21(12-15)11-14-5-2-3-7-16(14)22(23)24/h2-3,5,7-9,15H,4,6,10-12H2,1H3,(H,18,19,20). The number of rotatable bonds is 5. The molecule has 0 amide bonds. The molecule has 2 heterocycles. The lowest BCUT2D eigenvalue weighted by atomic mass is 10.0. The van der Waals surface area contributed by atoms with Gasteiger partial charge in [0.05, 0.1) is 4.92 Å². The molecule has 2 aromatic rings. The zero-order valence-electron chi connectivity index (χ0n) is 13.7. The number of hydrogen-bond acceptors (Lipinski definition) is 6. The highest BCUT2D eigenvalue weighted by Crippen LogP contribution is 2.22. The second kappa shape index (κ2) is 7.35. The predicted molar refractivity (Wildman–Crippen MR) is 91.8 cm³/mol. The molecule has 0 aliphatic carbocycles. The lowest BCUT2D eigenvalue weighted by Gasteiger charge is -2.33. The summed E-state index contributed by atoms with van der Waals surface area (Å²) < 4.78 is 0. The van der Waals surface area contributed by atoms with Crippen LogP contribution in [-0.4, -0.2) is 38.9 Å². The largest absolute Gasteiger partial charge is 0.350 e. The van der Waals surface area contributed by atoms with Crippen LogP contribution in [0.1, 0.15) is 24.1 Å². The van der Waals surface area contributed by atoms with E-state index in [1.807, 2.05) is 25.1 Å². The fourth-order valence-electron chi connectivity index (χ4n) is 3.08. The van der Waals surface area contributed by atoms with Crippen molar-refractivity contribution in [2.75, 3.05) is 18.4 Å². The summed E-state index contributed by atoms with van der Waals surface area (Å²) in [5.74, 6) is 0.646. The van der Waals surface area contributed by atoms with Crippen LogP contribution in [-0.2, 0) is 6.54 Å². The Morgan fingerprint density at radius 3 is 3.00 bits per heavy atom. The third kappa shape index (κ3) is 4.05. The zero-order valence-corrected chi connectivity index (χ0v) is 13.7. The summed E-state index contributed by atoms with van der Waals surface area (Å²) in [6.07, 6.45) is 3.84. The van der Waals surface area contributed by atoms with Crippen LogP contribution in [0.15, 0.2) is 36.5 Å². The van der Waals surface area contributed by atoms with Crippen molar-refractivity contribution in [3.05, 3.63) is 57.9 Å². The molecule has 3 rings (SSSR count). The van der Waals surface area contributed by atoms with Gasteiger partial charge < -0.3 is 5.32 Å². The first-order chi connectivity index (χ1) is 11.6. The van der Waals surface area contributed by atoms with Crippen LogP contribution < -0.4 is 5.32 Å². The van der Waals surface area contributed by atoms with Crippen molar-refractivity contribution >= 4 is 11.6 Å². The van der Waals surface area contributed by atoms with Crippen LogP contribution in [0.3, 0.4) is 0 Å². The summed E-state index contributed by atoms with van der Waals surface area (Å²) in [6, 6.07) is 9.07. The van der Waals surface area contributed by atoms with E-state index in [4.69, 9.17) is 0 Å². The normalized spacial score (nSPS) is 18.3. The average Bonchev–Trinajstić information content (AvgIpc) is 2.55.